The van der Waals surface area contributed by atoms with Crippen molar-refractivity contribution in [1.29, 1.82) is 0 Å². The Morgan fingerprint density at radius 3 is 0.631 bits per heavy atom. The lowest BCUT2D eigenvalue weighted by Crippen LogP contribution is -2.42. The highest BCUT2D eigenvalue weighted by molar-refractivity contribution is 5.79. The first-order chi connectivity index (χ1) is 48.7. The van der Waals surface area contributed by atoms with Gasteiger partial charge in [0.25, 0.3) is 0 Å². The number of nitrogens with one attached hydrogen (secondary N) is 6. The molecule has 0 aromatic heterocycles. The fraction of sp³-hybridized carbons (Fsp3) is 0.769. The molecule has 0 bridgehead atoms. The number of nitrogens with zero attached hydrogens (tertiary/aromatic N) is 8. The predicted octanol–water partition coefficient (Wildman–Crippen LogP) is -2.97. The number of aliphatic imine (C=N–C) groups is 1. The van der Waals surface area contributed by atoms with E-state index in [-0.39, 0.29) is 302 Å². The van der Waals surface area contributed by atoms with Gasteiger partial charge in [0.15, 0.2) is 0 Å². The first-order valence-corrected chi connectivity index (χ1v) is 35.0. The quantitative estimate of drug-likeness (QED) is 0.0164. The molecular weight excluding hydrogens is 1360 g/mol. The minimum atomic E-state index is -1.07. The van der Waals surface area contributed by atoms with Crippen molar-refractivity contribution in [3.63, 3.8) is 0 Å². The molecule has 0 aromatic carbocycles. The van der Waals surface area contributed by atoms with E-state index >= 15 is 0 Å². The number of unbranched alkanes of at least 4 members (excludes halogenated alkanes) is 3. The van der Waals surface area contributed by atoms with Crippen molar-refractivity contribution in [2.24, 2.45) is 4.99 Å². The molecule has 14 N–H and O–H groups in total. The Bertz CT molecular complexity index is 2270. The standard InChI is InChI=1S/C65H116N14O24/c1-65(2,3)103-64(102)72-22-6-4-5-7-29-73(30-8-50(80)66-23-44-74(32-10-52(82)68-25-46-76(36-14-56(86)87)37-15-57(88)89)33-11-53(83)69-26-47-77(38-16-58(90)91)39-17-59(92)93)31-9-51(81)67-24-45-75(34-12-54(84)70-27-48-78(40-18-60(94)95)41-19-61(96)97)35-13-55(85)71-28-49-79(42-20-62(98)99)43-21-63(100)101/h4-49H2,1-3H3,(H,66,80)(H,67,81)(H,68,82)(H,69,83)(H,70,84)(H,71,85)(H,72,102)(H,86,87)(H,88,89)(H,90,91)(H,92,93)(H,94,95)(H,96,97)(H,98,99)(H,100,101)/p-1. The molecule has 38 nitrogen and oxygen atoms in total. The largest absolute Gasteiger partial charge is 0.595 e. The van der Waals surface area contributed by atoms with Gasteiger partial charge in [-0.2, -0.15) is 0 Å². The smallest absolute Gasteiger partial charge is 0.304 e. The van der Waals surface area contributed by atoms with Crippen LogP contribution in [0.5, 0.6) is 0 Å². The maximum atomic E-state index is 13.5. The van der Waals surface area contributed by atoms with Crippen LogP contribution in [-0.2, 0) is 71.9 Å². The minimum Gasteiger partial charge on any atom is -0.595 e. The third-order valence-electron chi connectivity index (χ3n) is 15.6. The molecule has 0 rings (SSSR count). The van der Waals surface area contributed by atoms with Crippen molar-refractivity contribution < 1.29 is 118 Å². The lowest BCUT2D eigenvalue weighted by Gasteiger charge is -2.29. The minimum absolute atomic E-state index is 0.00458. The third-order valence-corrected chi connectivity index (χ3v) is 15.6. The van der Waals surface area contributed by atoms with Crippen molar-refractivity contribution in [2.75, 3.05) is 183 Å². The molecule has 38 heteroatoms. The molecule has 0 aliphatic heterocycles. The molecule has 0 atom stereocenters. The summed E-state index contributed by atoms with van der Waals surface area (Å²) in [6.45, 7) is 9.05. The summed E-state index contributed by atoms with van der Waals surface area (Å²) in [5.74, 6) is -10.8. The van der Waals surface area contributed by atoms with Crippen LogP contribution in [0.2, 0.25) is 0 Å². The van der Waals surface area contributed by atoms with Crippen LogP contribution in [0.25, 0.3) is 0 Å². The van der Waals surface area contributed by atoms with Crippen LogP contribution in [0.4, 0.5) is 0 Å². The number of hydrogen-bond acceptors (Lipinski definition) is 24. The topological polar surface area (TPSA) is 540 Å². The zero-order chi connectivity index (χ0) is 77.4. The van der Waals surface area contributed by atoms with Crippen molar-refractivity contribution in [2.45, 2.75) is 142 Å². The molecule has 0 aliphatic rings. The maximum Gasteiger partial charge on any atom is 0.304 e. The van der Waals surface area contributed by atoms with Crippen LogP contribution >= 0.6 is 0 Å². The van der Waals surface area contributed by atoms with Gasteiger partial charge in [-0.15, -0.1) is 0 Å². The molecule has 0 saturated carbocycles. The van der Waals surface area contributed by atoms with Crippen LogP contribution < -0.4 is 37.0 Å². The molecule has 0 saturated heterocycles. The fourth-order valence-corrected chi connectivity index (χ4v) is 9.85. The van der Waals surface area contributed by atoms with Crippen LogP contribution in [0, 0.1) is 0 Å². The fourth-order valence-electron chi connectivity index (χ4n) is 9.85. The summed E-state index contributed by atoms with van der Waals surface area (Å²) in [6.07, 6.45) is -0.0595. The van der Waals surface area contributed by atoms with Crippen LogP contribution in [0.1, 0.15) is 136 Å². The van der Waals surface area contributed by atoms with Gasteiger partial charge in [0, 0.05) is 221 Å². The Hall–Kier alpha value is -8.43. The lowest BCUT2D eigenvalue weighted by molar-refractivity contribution is -0.260. The number of carbonyl (C=O) groups is 14. The second-order valence-electron chi connectivity index (χ2n) is 25.4. The van der Waals surface area contributed by atoms with Gasteiger partial charge in [-0.3, -0.25) is 72.1 Å². The highest BCUT2D eigenvalue weighted by Gasteiger charge is 2.20. The van der Waals surface area contributed by atoms with E-state index in [9.17, 15) is 72.2 Å². The maximum absolute atomic E-state index is 13.5. The van der Waals surface area contributed by atoms with Gasteiger partial charge in [0.05, 0.1) is 51.4 Å². The molecule has 0 unspecified atom stereocenters. The number of amides is 6. The number of carbonyl (C=O) groups excluding carboxylic acids is 6. The van der Waals surface area contributed by atoms with E-state index in [0.717, 1.165) is 6.42 Å². The normalized spacial score (nSPS) is 11.7. The predicted molar refractivity (Wildman–Crippen MR) is 370 cm³/mol. The highest BCUT2D eigenvalue weighted by atomic mass is 16.6. The van der Waals surface area contributed by atoms with E-state index in [1.165, 1.54) is 0 Å². The van der Waals surface area contributed by atoms with E-state index < -0.39 is 59.4 Å². The van der Waals surface area contributed by atoms with Crippen molar-refractivity contribution in [3.8, 4) is 0 Å². The summed E-state index contributed by atoms with van der Waals surface area (Å²) in [5.41, 5.74) is -0.694. The number of carboxylic acids is 8. The number of ether oxygens (including phenoxy) is 1. The summed E-state index contributed by atoms with van der Waals surface area (Å²) >= 11 is 0. The van der Waals surface area contributed by atoms with Gasteiger partial charge in [0.1, 0.15) is 6.08 Å². The summed E-state index contributed by atoms with van der Waals surface area (Å²) in [4.78, 5) is 185. The molecule has 0 aromatic rings. The van der Waals surface area contributed by atoms with Crippen LogP contribution in [0.3, 0.4) is 0 Å². The second-order valence-corrected chi connectivity index (χ2v) is 25.4. The molecule has 0 spiro atoms. The Kier molecular flexibility index (Phi) is 53.3. The SMILES string of the molecule is CC(C)(C)OC([O-])=NCCCCCCN(CCC(=O)NCCN(CCC(=O)NCCN(CCC(=O)O)CCC(=O)O)CCC(=O)NCCN(CCC(=O)O)CCC(=O)O)CCC(=O)NCCN(CCC(=O)NCCN(CCC(=O)O)CCC(=O)O)CCC(=O)NCCN(CCC(=O)O)CCC(=O)O. The molecule has 590 valence electrons. The van der Waals surface area contributed by atoms with E-state index in [2.05, 4.69) is 36.9 Å². The Labute approximate surface area is 601 Å². The molecule has 0 radical (unpaired) electrons. The van der Waals surface area contributed by atoms with Crippen LogP contribution in [0.15, 0.2) is 4.99 Å². The average Bonchev–Trinajstić information content (AvgIpc) is 1.01. The van der Waals surface area contributed by atoms with Gasteiger partial charge >= 0.3 is 47.8 Å². The summed E-state index contributed by atoms with van der Waals surface area (Å²) in [5, 5.41) is 102. The number of hydrogen-bond donors (Lipinski definition) is 14. The van der Waals surface area contributed by atoms with E-state index in [1.807, 2.05) is 4.90 Å². The first kappa shape index (κ1) is 94.6. The summed E-state index contributed by atoms with van der Waals surface area (Å²) in [6, 6.07) is 0. The van der Waals surface area contributed by atoms with Crippen molar-refractivity contribution in [3.05, 3.63) is 0 Å². The molecule has 6 amide bonds. The zero-order valence-corrected chi connectivity index (χ0v) is 60.2. The third kappa shape index (κ3) is 61.9. The van der Waals surface area contributed by atoms with Crippen LogP contribution in [-0.4, -0.2) is 353 Å². The Balaban J connectivity index is 6.26. The number of rotatable bonds is 67. The molecule has 103 heavy (non-hydrogen) atoms. The van der Waals surface area contributed by atoms with E-state index in [0.29, 0.717) is 25.8 Å². The van der Waals surface area contributed by atoms with Gasteiger partial charge in [0.2, 0.25) is 35.4 Å². The lowest BCUT2D eigenvalue weighted by atomic mass is 10.2. The van der Waals surface area contributed by atoms with Crippen molar-refractivity contribution >= 4 is 89.3 Å². The zero-order valence-electron chi connectivity index (χ0n) is 60.2. The number of aliphatic carboxylic acids is 8. The summed E-state index contributed by atoms with van der Waals surface area (Å²) in [7, 11) is 0. The van der Waals surface area contributed by atoms with Gasteiger partial charge in [-0.25, -0.2) is 0 Å². The average molecular weight is 1480 g/mol. The molecular formula is C65H115N14O24-. The Morgan fingerprint density at radius 1 is 0.272 bits per heavy atom. The van der Waals surface area contributed by atoms with Gasteiger partial charge < -0.3 is 117 Å². The van der Waals surface area contributed by atoms with Gasteiger partial charge in [-0.1, -0.05) is 33.6 Å². The van der Waals surface area contributed by atoms with Gasteiger partial charge in [-0.05, 0) is 19.4 Å². The highest BCUT2D eigenvalue weighted by Crippen LogP contribution is 2.09. The first-order valence-electron chi connectivity index (χ1n) is 35.0. The monoisotopic (exact) mass is 1480 g/mol. The summed E-state index contributed by atoms with van der Waals surface area (Å²) < 4.78 is 5.25. The van der Waals surface area contributed by atoms with E-state index in [4.69, 9.17) is 45.6 Å². The second kappa shape index (κ2) is 58.0. The molecule has 0 fully saturated rings. The van der Waals surface area contributed by atoms with Crippen molar-refractivity contribution in [1.82, 2.24) is 66.2 Å². The Morgan fingerprint density at radius 2 is 0.447 bits per heavy atom. The number of carboxylic acid groups (broad SMARTS) is 8. The molecule has 0 aliphatic carbocycles. The molecule has 0 heterocycles. The van der Waals surface area contributed by atoms with E-state index in [1.54, 1.807) is 50.2 Å².